The lowest BCUT2D eigenvalue weighted by Gasteiger charge is -2.13. The number of primary amides is 1. The molecule has 4 nitrogen and oxygen atoms in total. The van der Waals surface area contributed by atoms with Crippen molar-refractivity contribution in [2.75, 3.05) is 5.32 Å². The molecule has 0 saturated heterocycles. The van der Waals surface area contributed by atoms with Crippen LogP contribution in [0, 0.1) is 15.2 Å². The molecule has 1 aromatic heterocycles. The minimum Gasteiger partial charge on any atom is -0.381 e. The average molecular weight is 500 g/mol. The summed E-state index contributed by atoms with van der Waals surface area (Å²) in [5.41, 5.74) is 7.54. The molecule has 1 heterocycles. The minimum atomic E-state index is -0.968. The van der Waals surface area contributed by atoms with E-state index in [1.165, 1.54) is 12.3 Å². The van der Waals surface area contributed by atoms with Crippen LogP contribution in [0.5, 0.6) is 0 Å². The third-order valence-corrected chi connectivity index (χ3v) is 5.45. The van der Waals surface area contributed by atoms with Gasteiger partial charge in [0.1, 0.15) is 5.69 Å². The molecule has 27 heavy (non-hydrogen) atoms. The molecule has 3 N–H and O–H groups in total. The molecule has 0 aliphatic carbocycles. The van der Waals surface area contributed by atoms with Gasteiger partial charge in [0, 0.05) is 27.6 Å². The number of hydrogen-bond acceptors (Lipinski definition) is 3. The first-order valence-electron chi connectivity index (χ1n) is 7.78. The molecule has 0 aliphatic rings. The second-order valence-electron chi connectivity index (χ2n) is 5.70. The van der Waals surface area contributed by atoms with Gasteiger partial charge in [0.25, 0.3) is 5.91 Å². The number of anilines is 1. The summed E-state index contributed by atoms with van der Waals surface area (Å²) < 4.78 is 28.5. The van der Waals surface area contributed by atoms with Crippen molar-refractivity contribution in [1.29, 1.82) is 0 Å². The van der Waals surface area contributed by atoms with E-state index in [9.17, 15) is 13.6 Å². The summed E-state index contributed by atoms with van der Waals surface area (Å²) in [7, 11) is 0. The number of carbonyl (C=O) groups excluding carboxylic acids is 1. The standard InChI is InChI=1S/C19H13ClF2IN3O/c20-14-6-12(2-3-17(14)23)25-9-11-5-15(21)16(22)7-13(11)10-1-4-18(19(24)27)26-8-10/h1-8,25H,9H2,(H2,24,27). The zero-order valence-corrected chi connectivity index (χ0v) is 16.7. The Morgan fingerprint density at radius 2 is 1.89 bits per heavy atom. The molecule has 2 aromatic carbocycles. The summed E-state index contributed by atoms with van der Waals surface area (Å²) in [6.07, 6.45) is 1.40. The summed E-state index contributed by atoms with van der Waals surface area (Å²) in [4.78, 5) is 15.1. The van der Waals surface area contributed by atoms with Crippen LogP contribution in [0.2, 0.25) is 5.02 Å². The van der Waals surface area contributed by atoms with Gasteiger partial charge >= 0.3 is 0 Å². The molecule has 0 bridgehead atoms. The van der Waals surface area contributed by atoms with Crippen LogP contribution in [0.15, 0.2) is 48.7 Å². The van der Waals surface area contributed by atoms with E-state index in [-0.39, 0.29) is 12.2 Å². The highest BCUT2D eigenvalue weighted by atomic mass is 127. The van der Waals surface area contributed by atoms with E-state index >= 15 is 0 Å². The lowest BCUT2D eigenvalue weighted by molar-refractivity contribution is 0.0995. The number of benzene rings is 2. The number of amides is 1. The number of carbonyl (C=O) groups is 1. The first kappa shape index (κ1) is 19.5. The van der Waals surface area contributed by atoms with Crippen LogP contribution in [0.4, 0.5) is 14.5 Å². The Morgan fingerprint density at radius 1 is 1.15 bits per heavy atom. The number of rotatable bonds is 5. The maximum atomic E-state index is 13.8. The van der Waals surface area contributed by atoms with Crippen LogP contribution >= 0.6 is 34.2 Å². The predicted octanol–water partition coefficient (Wildman–Crippen LogP) is 5.00. The normalized spacial score (nSPS) is 10.7. The molecule has 0 unspecified atom stereocenters. The van der Waals surface area contributed by atoms with Gasteiger partial charge in [0.2, 0.25) is 0 Å². The molecule has 0 saturated carbocycles. The van der Waals surface area contributed by atoms with E-state index < -0.39 is 17.5 Å². The Kier molecular flexibility index (Phi) is 5.91. The summed E-state index contributed by atoms with van der Waals surface area (Å²) >= 11 is 8.22. The van der Waals surface area contributed by atoms with E-state index in [1.807, 2.05) is 12.1 Å². The molecule has 0 aliphatic heterocycles. The summed E-state index contributed by atoms with van der Waals surface area (Å²) in [5, 5.41) is 3.74. The Bertz CT molecular complexity index is 1010. The quantitative estimate of drug-likeness (QED) is 0.486. The lowest BCUT2D eigenvalue weighted by Crippen LogP contribution is -2.12. The van der Waals surface area contributed by atoms with Crippen LogP contribution in [-0.2, 0) is 6.54 Å². The third kappa shape index (κ3) is 4.54. The zero-order chi connectivity index (χ0) is 19.6. The number of nitrogens with two attached hydrogens (primary N) is 1. The van der Waals surface area contributed by atoms with E-state index in [0.717, 1.165) is 21.4 Å². The Hall–Kier alpha value is -2.26. The summed E-state index contributed by atoms with van der Waals surface area (Å²) in [6.45, 7) is 0.237. The van der Waals surface area contributed by atoms with Crippen molar-refractivity contribution in [1.82, 2.24) is 4.98 Å². The maximum Gasteiger partial charge on any atom is 0.267 e. The van der Waals surface area contributed by atoms with Gasteiger partial charge in [-0.2, -0.15) is 0 Å². The molecule has 8 heteroatoms. The summed E-state index contributed by atoms with van der Waals surface area (Å²) in [5.74, 6) is -2.58. The predicted molar refractivity (Wildman–Crippen MR) is 110 cm³/mol. The van der Waals surface area contributed by atoms with Gasteiger partial charge < -0.3 is 11.1 Å². The Labute approximate surface area is 172 Å². The van der Waals surface area contributed by atoms with E-state index in [1.54, 1.807) is 12.1 Å². The SMILES string of the molecule is NC(=O)c1ccc(-c2cc(F)c(F)cc2CNc2ccc(I)c(Cl)c2)cn1. The van der Waals surface area contributed by atoms with Crippen LogP contribution in [0.3, 0.4) is 0 Å². The maximum absolute atomic E-state index is 13.8. The minimum absolute atomic E-state index is 0.0922. The van der Waals surface area contributed by atoms with Crippen molar-refractivity contribution in [3.63, 3.8) is 0 Å². The van der Waals surface area contributed by atoms with E-state index in [2.05, 4.69) is 32.9 Å². The van der Waals surface area contributed by atoms with Crippen molar-refractivity contribution in [3.05, 3.63) is 80.1 Å². The fraction of sp³-hybridized carbons (Fsp3) is 0.0526. The zero-order valence-electron chi connectivity index (χ0n) is 13.8. The fourth-order valence-electron chi connectivity index (χ4n) is 2.51. The molecule has 0 fully saturated rings. The topological polar surface area (TPSA) is 68.0 Å². The van der Waals surface area contributed by atoms with Gasteiger partial charge in [-0.1, -0.05) is 17.7 Å². The molecule has 0 spiro atoms. The van der Waals surface area contributed by atoms with Gasteiger partial charge in [-0.25, -0.2) is 8.78 Å². The highest BCUT2D eigenvalue weighted by molar-refractivity contribution is 14.1. The first-order chi connectivity index (χ1) is 12.8. The molecular weight excluding hydrogens is 487 g/mol. The second-order valence-corrected chi connectivity index (χ2v) is 7.27. The number of aromatic nitrogens is 1. The largest absolute Gasteiger partial charge is 0.381 e. The fourth-order valence-corrected chi connectivity index (χ4v) is 3.02. The molecular formula is C19H13ClF2IN3O. The van der Waals surface area contributed by atoms with Gasteiger partial charge in [-0.15, -0.1) is 0 Å². The molecule has 138 valence electrons. The van der Waals surface area contributed by atoms with Crippen LogP contribution in [-0.4, -0.2) is 10.9 Å². The number of hydrogen-bond donors (Lipinski definition) is 2. The van der Waals surface area contributed by atoms with E-state index in [0.29, 0.717) is 21.7 Å². The highest BCUT2D eigenvalue weighted by Crippen LogP contribution is 2.28. The molecule has 1 amide bonds. The lowest BCUT2D eigenvalue weighted by atomic mass is 10.00. The van der Waals surface area contributed by atoms with Crippen LogP contribution < -0.4 is 11.1 Å². The smallest absolute Gasteiger partial charge is 0.267 e. The monoisotopic (exact) mass is 499 g/mol. The van der Waals surface area contributed by atoms with Crippen molar-refractivity contribution < 1.29 is 13.6 Å². The summed E-state index contributed by atoms with van der Waals surface area (Å²) in [6, 6.07) is 10.7. The van der Waals surface area contributed by atoms with Crippen molar-refractivity contribution >= 4 is 45.8 Å². The van der Waals surface area contributed by atoms with Gasteiger partial charge in [0.15, 0.2) is 11.6 Å². The number of nitrogens with zero attached hydrogens (tertiary/aromatic N) is 1. The highest BCUT2D eigenvalue weighted by Gasteiger charge is 2.13. The van der Waals surface area contributed by atoms with Crippen molar-refractivity contribution in [2.45, 2.75) is 6.54 Å². The van der Waals surface area contributed by atoms with E-state index in [4.69, 9.17) is 17.3 Å². The van der Waals surface area contributed by atoms with Gasteiger partial charge in [-0.05, 0) is 70.1 Å². The molecule has 3 rings (SSSR count). The van der Waals surface area contributed by atoms with Gasteiger partial charge in [-0.3, -0.25) is 9.78 Å². The Morgan fingerprint density at radius 3 is 2.52 bits per heavy atom. The number of pyridine rings is 1. The van der Waals surface area contributed by atoms with Crippen LogP contribution in [0.25, 0.3) is 11.1 Å². The van der Waals surface area contributed by atoms with Crippen molar-refractivity contribution in [3.8, 4) is 11.1 Å². The molecule has 0 radical (unpaired) electrons. The average Bonchev–Trinajstić information content (AvgIpc) is 2.65. The van der Waals surface area contributed by atoms with Crippen molar-refractivity contribution in [2.24, 2.45) is 5.73 Å². The second kappa shape index (κ2) is 8.18. The molecule has 3 aromatic rings. The third-order valence-electron chi connectivity index (χ3n) is 3.88. The first-order valence-corrected chi connectivity index (χ1v) is 9.24. The Balaban J connectivity index is 1.93. The van der Waals surface area contributed by atoms with Crippen LogP contribution in [0.1, 0.15) is 16.1 Å². The van der Waals surface area contributed by atoms with Gasteiger partial charge in [0.05, 0.1) is 5.02 Å². The number of halogens is 4. The number of nitrogens with one attached hydrogen (secondary N) is 1. The molecule has 0 atom stereocenters.